The van der Waals surface area contributed by atoms with Crippen LogP contribution < -0.4 is 5.73 Å². The van der Waals surface area contributed by atoms with E-state index >= 15 is 0 Å². The lowest BCUT2D eigenvalue weighted by atomic mass is 9.76. The molecule has 13 heavy (non-hydrogen) atoms. The second-order valence-corrected chi connectivity index (χ2v) is 4.10. The van der Waals surface area contributed by atoms with E-state index in [2.05, 4.69) is 20.8 Å². The highest BCUT2D eigenvalue weighted by molar-refractivity contribution is 4.80. The molecule has 0 spiro atoms. The summed E-state index contributed by atoms with van der Waals surface area (Å²) in [6.07, 6.45) is 4.44. The maximum Gasteiger partial charge on any atom is 0.0499 e. The molecule has 0 bridgehead atoms. The van der Waals surface area contributed by atoms with Gasteiger partial charge in [-0.25, -0.2) is 0 Å². The molecule has 3 N–H and O–H groups in total. The largest absolute Gasteiger partial charge is 0.396 e. The lowest BCUT2D eigenvalue weighted by molar-refractivity contribution is 0.0961. The van der Waals surface area contributed by atoms with E-state index in [9.17, 15) is 5.11 Å². The molecule has 0 aliphatic rings. The van der Waals surface area contributed by atoms with E-state index in [0.29, 0.717) is 6.54 Å². The van der Waals surface area contributed by atoms with E-state index < -0.39 is 0 Å². The second kappa shape index (κ2) is 6.39. The standard InChI is InChI=1S/C11H25NO/c1-4-10(5-2)7-11(6-3,8-12)9-13/h10,13H,4-9,12H2,1-3H3. The first kappa shape index (κ1) is 12.9. The van der Waals surface area contributed by atoms with Crippen molar-refractivity contribution in [3.63, 3.8) is 0 Å². The van der Waals surface area contributed by atoms with Gasteiger partial charge < -0.3 is 10.8 Å². The van der Waals surface area contributed by atoms with Gasteiger partial charge in [-0.15, -0.1) is 0 Å². The SMILES string of the molecule is CCC(CC)CC(CC)(CN)CO. The van der Waals surface area contributed by atoms with Crippen LogP contribution in [0.5, 0.6) is 0 Å². The number of aliphatic hydroxyl groups excluding tert-OH is 1. The maximum atomic E-state index is 9.34. The predicted molar refractivity (Wildman–Crippen MR) is 57.6 cm³/mol. The number of hydrogen-bond acceptors (Lipinski definition) is 2. The molecule has 0 aromatic heterocycles. The van der Waals surface area contributed by atoms with Gasteiger partial charge >= 0.3 is 0 Å². The average Bonchev–Trinajstić information content (AvgIpc) is 2.21. The zero-order valence-electron chi connectivity index (χ0n) is 9.34. The van der Waals surface area contributed by atoms with Crippen LogP contribution in [0.3, 0.4) is 0 Å². The van der Waals surface area contributed by atoms with Crippen LogP contribution >= 0.6 is 0 Å². The molecule has 0 aromatic carbocycles. The molecule has 0 rings (SSSR count). The normalized spacial score (nSPS) is 16.2. The minimum Gasteiger partial charge on any atom is -0.396 e. The highest BCUT2D eigenvalue weighted by Crippen LogP contribution is 2.31. The quantitative estimate of drug-likeness (QED) is 0.641. The monoisotopic (exact) mass is 187 g/mol. The first-order valence-electron chi connectivity index (χ1n) is 5.48. The number of nitrogens with two attached hydrogens (primary N) is 1. The Balaban J connectivity index is 4.21. The summed E-state index contributed by atoms with van der Waals surface area (Å²) in [5.74, 6) is 0.718. The van der Waals surface area contributed by atoms with Crippen LogP contribution in [0.1, 0.15) is 46.5 Å². The van der Waals surface area contributed by atoms with Crippen molar-refractivity contribution in [2.24, 2.45) is 17.1 Å². The van der Waals surface area contributed by atoms with Gasteiger partial charge in [0.2, 0.25) is 0 Å². The van der Waals surface area contributed by atoms with E-state index in [0.717, 1.165) is 18.8 Å². The fourth-order valence-corrected chi connectivity index (χ4v) is 1.80. The van der Waals surface area contributed by atoms with Gasteiger partial charge in [-0.1, -0.05) is 33.6 Å². The Morgan fingerprint density at radius 3 is 2.00 bits per heavy atom. The molecule has 0 radical (unpaired) electrons. The molecule has 0 aliphatic carbocycles. The van der Waals surface area contributed by atoms with Crippen molar-refractivity contribution in [1.82, 2.24) is 0 Å². The Bertz CT molecular complexity index is 109. The van der Waals surface area contributed by atoms with E-state index in [1.807, 2.05) is 0 Å². The molecule has 0 fully saturated rings. The fourth-order valence-electron chi connectivity index (χ4n) is 1.80. The lowest BCUT2D eigenvalue weighted by Gasteiger charge is -2.32. The van der Waals surface area contributed by atoms with Crippen molar-refractivity contribution < 1.29 is 5.11 Å². The van der Waals surface area contributed by atoms with E-state index in [4.69, 9.17) is 5.73 Å². The summed E-state index contributed by atoms with van der Waals surface area (Å²) >= 11 is 0. The zero-order valence-corrected chi connectivity index (χ0v) is 9.34. The third-order valence-electron chi connectivity index (χ3n) is 3.39. The smallest absolute Gasteiger partial charge is 0.0499 e. The van der Waals surface area contributed by atoms with E-state index in [1.54, 1.807) is 0 Å². The molecular weight excluding hydrogens is 162 g/mol. The van der Waals surface area contributed by atoms with Crippen molar-refractivity contribution in [3.05, 3.63) is 0 Å². The molecule has 2 heteroatoms. The van der Waals surface area contributed by atoms with Gasteiger partial charge in [0.1, 0.15) is 0 Å². The topological polar surface area (TPSA) is 46.2 Å². The first-order chi connectivity index (χ1) is 6.17. The maximum absolute atomic E-state index is 9.34. The fraction of sp³-hybridized carbons (Fsp3) is 1.00. The van der Waals surface area contributed by atoms with Gasteiger partial charge in [-0.2, -0.15) is 0 Å². The molecule has 80 valence electrons. The zero-order chi connectivity index (χ0) is 10.3. The summed E-state index contributed by atoms with van der Waals surface area (Å²) in [6.45, 7) is 7.38. The lowest BCUT2D eigenvalue weighted by Crippen LogP contribution is -2.35. The summed E-state index contributed by atoms with van der Waals surface area (Å²) in [5.41, 5.74) is 5.71. The van der Waals surface area contributed by atoms with E-state index in [-0.39, 0.29) is 12.0 Å². The van der Waals surface area contributed by atoms with Gasteiger partial charge in [0.15, 0.2) is 0 Å². The molecule has 1 unspecified atom stereocenters. The first-order valence-corrected chi connectivity index (χ1v) is 5.48. The van der Waals surface area contributed by atoms with Crippen LogP contribution in [0.15, 0.2) is 0 Å². The van der Waals surface area contributed by atoms with Crippen molar-refractivity contribution in [2.45, 2.75) is 46.5 Å². The summed E-state index contributed by atoms with van der Waals surface area (Å²) in [5, 5.41) is 9.34. The number of hydrogen-bond donors (Lipinski definition) is 2. The van der Waals surface area contributed by atoms with Crippen LogP contribution in [-0.2, 0) is 0 Å². The van der Waals surface area contributed by atoms with Crippen molar-refractivity contribution >= 4 is 0 Å². The van der Waals surface area contributed by atoms with Crippen molar-refractivity contribution in [3.8, 4) is 0 Å². The molecule has 1 atom stereocenters. The summed E-state index contributed by atoms with van der Waals surface area (Å²) in [6, 6.07) is 0. The molecule has 0 amide bonds. The number of rotatable bonds is 7. The molecular formula is C11H25NO. The minimum absolute atomic E-state index is 0.0172. The molecule has 0 aliphatic heterocycles. The predicted octanol–water partition coefficient (Wildman–Crippen LogP) is 2.16. The molecule has 0 heterocycles. The highest BCUT2D eigenvalue weighted by atomic mass is 16.3. The molecule has 0 saturated carbocycles. The van der Waals surface area contributed by atoms with Gasteiger partial charge in [0.25, 0.3) is 0 Å². The van der Waals surface area contributed by atoms with Crippen LogP contribution in [0, 0.1) is 11.3 Å². The van der Waals surface area contributed by atoms with Crippen molar-refractivity contribution in [1.29, 1.82) is 0 Å². The van der Waals surface area contributed by atoms with Crippen molar-refractivity contribution in [2.75, 3.05) is 13.2 Å². The molecule has 0 saturated heterocycles. The van der Waals surface area contributed by atoms with Crippen LogP contribution in [0.25, 0.3) is 0 Å². The Kier molecular flexibility index (Phi) is 6.35. The van der Waals surface area contributed by atoms with E-state index in [1.165, 1.54) is 12.8 Å². The molecule has 2 nitrogen and oxygen atoms in total. The van der Waals surface area contributed by atoms with Crippen LogP contribution in [0.4, 0.5) is 0 Å². The summed E-state index contributed by atoms with van der Waals surface area (Å²) in [4.78, 5) is 0. The van der Waals surface area contributed by atoms with Crippen LogP contribution in [0.2, 0.25) is 0 Å². The Hall–Kier alpha value is -0.0800. The highest BCUT2D eigenvalue weighted by Gasteiger charge is 2.28. The van der Waals surface area contributed by atoms with Gasteiger partial charge in [-0.3, -0.25) is 0 Å². The summed E-state index contributed by atoms with van der Waals surface area (Å²) in [7, 11) is 0. The number of aliphatic hydroxyl groups is 1. The minimum atomic E-state index is -0.0172. The van der Waals surface area contributed by atoms with Gasteiger partial charge in [-0.05, 0) is 18.8 Å². The summed E-state index contributed by atoms with van der Waals surface area (Å²) < 4.78 is 0. The third kappa shape index (κ3) is 3.65. The van der Waals surface area contributed by atoms with Gasteiger partial charge in [0.05, 0.1) is 0 Å². The molecule has 0 aromatic rings. The Morgan fingerprint density at radius 1 is 1.23 bits per heavy atom. The van der Waals surface area contributed by atoms with Crippen LogP contribution in [-0.4, -0.2) is 18.3 Å². The average molecular weight is 187 g/mol. The second-order valence-electron chi connectivity index (χ2n) is 4.10. The third-order valence-corrected chi connectivity index (χ3v) is 3.39. The Labute approximate surface area is 82.5 Å². The Morgan fingerprint density at radius 2 is 1.77 bits per heavy atom. The van der Waals surface area contributed by atoms with Gasteiger partial charge in [0, 0.05) is 18.6 Å².